The average molecular weight is 516 g/mol. The van der Waals surface area contributed by atoms with Gasteiger partial charge in [-0.15, -0.1) is 0 Å². The van der Waals surface area contributed by atoms with E-state index >= 15 is 0 Å². The Labute approximate surface area is 211 Å². The van der Waals surface area contributed by atoms with Crippen LogP contribution >= 0.6 is 34.8 Å². The van der Waals surface area contributed by atoms with E-state index in [1.54, 1.807) is 24.3 Å². The van der Waals surface area contributed by atoms with Crippen molar-refractivity contribution in [1.82, 2.24) is 0 Å². The SMILES string of the molecule is COC(=O)c1ccc(NC(=O)/C(C#N)=C/c2cc(Cl)c(OCc3ccc(Cl)cc3)c(Cl)c2)cc1. The average Bonchev–Trinajstić information content (AvgIpc) is 2.83. The van der Waals surface area contributed by atoms with Crippen LogP contribution in [0.25, 0.3) is 6.08 Å². The molecule has 0 saturated heterocycles. The van der Waals surface area contributed by atoms with E-state index in [0.717, 1.165) is 5.56 Å². The first-order chi connectivity index (χ1) is 16.3. The number of esters is 1. The van der Waals surface area contributed by atoms with E-state index in [4.69, 9.17) is 39.5 Å². The van der Waals surface area contributed by atoms with Gasteiger partial charge in [-0.1, -0.05) is 46.9 Å². The van der Waals surface area contributed by atoms with Crippen molar-refractivity contribution in [3.05, 3.63) is 98.0 Å². The predicted octanol–water partition coefficient (Wildman–Crippen LogP) is 6.56. The van der Waals surface area contributed by atoms with Crippen molar-refractivity contribution in [2.45, 2.75) is 6.61 Å². The second-order valence-corrected chi connectivity index (χ2v) is 8.17. The van der Waals surface area contributed by atoms with E-state index in [-0.39, 0.29) is 28.0 Å². The maximum atomic E-state index is 12.5. The van der Waals surface area contributed by atoms with Crippen molar-refractivity contribution in [1.29, 1.82) is 5.26 Å². The third kappa shape index (κ3) is 6.52. The molecule has 3 aromatic rings. The molecule has 0 aliphatic rings. The quantitative estimate of drug-likeness (QED) is 0.219. The van der Waals surface area contributed by atoms with Crippen LogP contribution in [0.2, 0.25) is 15.1 Å². The first kappa shape index (κ1) is 25.1. The number of benzene rings is 3. The van der Waals surface area contributed by atoms with Gasteiger partial charge < -0.3 is 14.8 Å². The van der Waals surface area contributed by atoms with E-state index < -0.39 is 11.9 Å². The molecular weight excluding hydrogens is 499 g/mol. The highest BCUT2D eigenvalue weighted by Gasteiger charge is 2.14. The van der Waals surface area contributed by atoms with E-state index in [0.29, 0.717) is 21.8 Å². The Balaban J connectivity index is 1.73. The molecule has 172 valence electrons. The summed E-state index contributed by atoms with van der Waals surface area (Å²) >= 11 is 18.6. The predicted molar refractivity (Wildman–Crippen MR) is 132 cm³/mol. The Kier molecular flexibility index (Phi) is 8.55. The van der Waals surface area contributed by atoms with Crippen molar-refractivity contribution in [2.24, 2.45) is 0 Å². The summed E-state index contributed by atoms with van der Waals surface area (Å²) in [6, 6.07) is 18.1. The van der Waals surface area contributed by atoms with Crippen LogP contribution < -0.4 is 10.1 Å². The van der Waals surface area contributed by atoms with Crippen LogP contribution in [0.3, 0.4) is 0 Å². The highest BCUT2D eigenvalue weighted by molar-refractivity contribution is 6.37. The van der Waals surface area contributed by atoms with Crippen LogP contribution in [-0.4, -0.2) is 19.0 Å². The van der Waals surface area contributed by atoms with Gasteiger partial charge in [0.05, 0.1) is 22.7 Å². The number of nitrogens with one attached hydrogen (secondary N) is 1. The molecule has 0 heterocycles. The van der Waals surface area contributed by atoms with Crippen LogP contribution in [0, 0.1) is 11.3 Å². The molecule has 0 atom stereocenters. The van der Waals surface area contributed by atoms with E-state index in [1.165, 1.54) is 37.5 Å². The summed E-state index contributed by atoms with van der Waals surface area (Å²) in [6.45, 7) is 0.229. The van der Waals surface area contributed by atoms with Gasteiger partial charge in [-0.05, 0) is 65.7 Å². The van der Waals surface area contributed by atoms with Gasteiger partial charge in [0.25, 0.3) is 5.91 Å². The minimum atomic E-state index is -0.636. The second-order valence-electron chi connectivity index (χ2n) is 6.92. The fourth-order valence-electron chi connectivity index (χ4n) is 2.86. The number of nitrogens with zero attached hydrogens (tertiary/aromatic N) is 1. The minimum Gasteiger partial charge on any atom is -0.486 e. The first-order valence-electron chi connectivity index (χ1n) is 9.78. The molecule has 3 rings (SSSR count). The highest BCUT2D eigenvalue weighted by atomic mass is 35.5. The lowest BCUT2D eigenvalue weighted by Gasteiger charge is -2.11. The lowest BCUT2D eigenvalue weighted by atomic mass is 10.1. The van der Waals surface area contributed by atoms with Gasteiger partial charge in [-0.2, -0.15) is 5.26 Å². The normalized spacial score (nSPS) is 10.9. The molecule has 3 aromatic carbocycles. The number of carbonyl (C=O) groups is 2. The van der Waals surface area contributed by atoms with Crippen molar-refractivity contribution < 1.29 is 19.1 Å². The van der Waals surface area contributed by atoms with Gasteiger partial charge in [0.1, 0.15) is 18.2 Å². The number of nitriles is 1. The Morgan fingerprint density at radius 1 is 1.00 bits per heavy atom. The number of halogens is 3. The molecule has 9 heteroatoms. The Hall–Kier alpha value is -3.50. The number of rotatable bonds is 7. The van der Waals surface area contributed by atoms with E-state index in [2.05, 4.69) is 10.1 Å². The molecule has 6 nitrogen and oxygen atoms in total. The number of anilines is 1. The third-order valence-corrected chi connectivity index (χ3v) is 5.37. The Morgan fingerprint density at radius 3 is 2.18 bits per heavy atom. The summed E-state index contributed by atoms with van der Waals surface area (Å²) < 4.78 is 10.4. The van der Waals surface area contributed by atoms with Gasteiger partial charge >= 0.3 is 5.97 Å². The van der Waals surface area contributed by atoms with Gasteiger partial charge in [0, 0.05) is 10.7 Å². The van der Waals surface area contributed by atoms with E-state index in [9.17, 15) is 14.9 Å². The molecule has 0 unspecified atom stereocenters. The van der Waals surface area contributed by atoms with Crippen LogP contribution in [0.1, 0.15) is 21.5 Å². The van der Waals surface area contributed by atoms with Gasteiger partial charge in [-0.3, -0.25) is 4.79 Å². The molecule has 0 aliphatic carbocycles. The standard InChI is InChI=1S/C25H17Cl3N2O4/c1-33-25(32)17-4-8-20(9-5-17)30-24(31)18(13-29)10-16-11-21(27)23(22(28)12-16)34-14-15-2-6-19(26)7-3-15/h2-12H,14H2,1H3,(H,30,31)/b18-10+. The number of carbonyl (C=O) groups excluding carboxylic acids is 2. The summed E-state index contributed by atoms with van der Waals surface area (Å²) in [7, 11) is 1.28. The number of hydrogen-bond acceptors (Lipinski definition) is 5. The molecule has 0 radical (unpaired) electrons. The fraction of sp³-hybridized carbons (Fsp3) is 0.0800. The maximum Gasteiger partial charge on any atom is 0.337 e. The monoisotopic (exact) mass is 514 g/mol. The maximum absolute atomic E-state index is 12.5. The number of amides is 1. The lowest BCUT2D eigenvalue weighted by Crippen LogP contribution is -2.13. The molecule has 0 aromatic heterocycles. The number of ether oxygens (including phenoxy) is 2. The molecule has 0 aliphatic heterocycles. The summed E-state index contributed by atoms with van der Waals surface area (Å²) in [5.41, 5.74) is 1.89. The zero-order valence-corrected chi connectivity index (χ0v) is 20.0. The third-order valence-electron chi connectivity index (χ3n) is 4.56. The van der Waals surface area contributed by atoms with Crippen LogP contribution in [0.4, 0.5) is 5.69 Å². The minimum absolute atomic E-state index is 0.168. The van der Waals surface area contributed by atoms with Crippen LogP contribution in [0.15, 0.2) is 66.2 Å². The molecule has 0 bridgehead atoms. The number of hydrogen-bond donors (Lipinski definition) is 1. The molecule has 0 spiro atoms. The molecule has 1 amide bonds. The van der Waals surface area contributed by atoms with Gasteiger partial charge in [-0.25, -0.2) is 4.79 Å². The molecule has 1 N–H and O–H groups in total. The summed E-state index contributed by atoms with van der Waals surface area (Å²) in [4.78, 5) is 24.1. The van der Waals surface area contributed by atoms with Gasteiger partial charge in [0.15, 0.2) is 5.75 Å². The zero-order valence-electron chi connectivity index (χ0n) is 17.8. The summed E-state index contributed by atoms with van der Waals surface area (Å²) in [5.74, 6) is -0.849. The van der Waals surface area contributed by atoms with E-state index in [1.807, 2.05) is 18.2 Å². The number of methoxy groups -OCH3 is 1. The molecular formula is C25H17Cl3N2O4. The lowest BCUT2D eigenvalue weighted by molar-refractivity contribution is -0.112. The molecule has 34 heavy (non-hydrogen) atoms. The molecule has 0 fully saturated rings. The van der Waals surface area contributed by atoms with Crippen molar-refractivity contribution in [3.8, 4) is 11.8 Å². The van der Waals surface area contributed by atoms with Crippen LogP contribution in [-0.2, 0) is 16.1 Å². The Bertz CT molecular complexity index is 1260. The summed E-state index contributed by atoms with van der Waals surface area (Å²) in [6.07, 6.45) is 1.36. The van der Waals surface area contributed by atoms with Crippen LogP contribution in [0.5, 0.6) is 5.75 Å². The smallest absolute Gasteiger partial charge is 0.337 e. The highest BCUT2D eigenvalue weighted by Crippen LogP contribution is 2.35. The van der Waals surface area contributed by atoms with Gasteiger partial charge in [0.2, 0.25) is 0 Å². The summed E-state index contributed by atoms with van der Waals surface area (Å²) in [5, 5.41) is 13.1. The second kappa shape index (κ2) is 11.6. The largest absolute Gasteiger partial charge is 0.486 e. The fourth-order valence-corrected chi connectivity index (χ4v) is 3.60. The first-order valence-corrected chi connectivity index (χ1v) is 10.9. The zero-order chi connectivity index (χ0) is 24.7. The topological polar surface area (TPSA) is 88.4 Å². The van der Waals surface area contributed by atoms with Crippen molar-refractivity contribution in [2.75, 3.05) is 12.4 Å². The van der Waals surface area contributed by atoms with Crippen molar-refractivity contribution in [3.63, 3.8) is 0 Å². The van der Waals surface area contributed by atoms with Crippen molar-refractivity contribution >= 4 is 58.4 Å². The molecule has 0 saturated carbocycles. The Morgan fingerprint density at radius 2 is 1.62 bits per heavy atom.